The molecule has 1 heterocycles. The van der Waals surface area contributed by atoms with Crippen LogP contribution in [0.25, 0.3) is 16.6 Å². The molecule has 148 valence electrons. The van der Waals surface area contributed by atoms with Crippen molar-refractivity contribution in [2.75, 3.05) is 12.4 Å². The van der Waals surface area contributed by atoms with Gasteiger partial charge in [-0.1, -0.05) is 12.1 Å². The molecule has 0 fully saturated rings. The summed E-state index contributed by atoms with van der Waals surface area (Å²) in [6.45, 7) is 1.64. The number of aromatic nitrogens is 1. The molecular weight excluding hydrogens is 386 g/mol. The fourth-order valence-electron chi connectivity index (χ4n) is 2.53. The number of hydrogen-bond donors (Lipinski definition) is 2. The van der Waals surface area contributed by atoms with Gasteiger partial charge in [0.15, 0.2) is 0 Å². The van der Waals surface area contributed by atoms with E-state index in [0.29, 0.717) is 5.69 Å². The van der Waals surface area contributed by atoms with Gasteiger partial charge < -0.3 is 15.4 Å². The molecule has 0 aliphatic carbocycles. The minimum absolute atomic E-state index is 0.293. The van der Waals surface area contributed by atoms with Crippen LogP contribution in [-0.2, 0) is 9.59 Å². The Morgan fingerprint density at radius 1 is 1.10 bits per heavy atom. The highest BCUT2D eigenvalue weighted by Gasteiger charge is 2.14. The lowest BCUT2D eigenvalue weighted by Gasteiger charge is -2.13. The summed E-state index contributed by atoms with van der Waals surface area (Å²) in [5.41, 5.74) is 2.51. The molecule has 1 atom stereocenters. The van der Waals surface area contributed by atoms with E-state index in [1.807, 2.05) is 53.9 Å². The third kappa shape index (κ3) is 5.76. The van der Waals surface area contributed by atoms with Crippen LogP contribution in [0, 0.1) is 0 Å². The number of nitrogens with zero attached hydrogens (tertiary/aromatic N) is 1. The van der Waals surface area contributed by atoms with E-state index in [-0.39, 0.29) is 11.8 Å². The van der Waals surface area contributed by atoms with Gasteiger partial charge in [-0.2, -0.15) is 0 Å². The molecule has 0 saturated carbocycles. The normalized spacial score (nSPS) is 11.8. The van der Waals surface area contributed by atoms with Crippen molar-refractivity contribution in [3.05, 3.63) is 71.7 Å². The maximum atomic E-state index is 12.3. The summed E-state index contributed by atoms with van der Waals surface area (Å²) in [6, 6.07) is 14.1. The van der Waals surface area contributed by atoms with Crippen LogP contribution in [0.4, 0.5) is 5.69 Å². The Morgan fingerprint density at radius 3 is 2.45 bits per heavy atom. The first-order chi connectivity index (χ1) is 14.0. The third-order valence-electron chi connectivity index (χ3n) is 4.13. The molecule has 3 rings (SSSR count). The second-order valence-corrected chi connectivity index (χ2v) is 7.14. The van der Waals surface area contributed by atoms with Gasteiger partial charge >= 0.3 is 0 Å². The monoisotopic (exact) mass is 407 g/mol. The van der Waals surface area contributed by atoms with Crippen molar-refractivity contribution in [2.45, 2.75) is 13.0 Å². The fourth-order valence-corrected chi connectivity index (χ4v) is 3.17. The molecule has 0 spiro atoms. The van der Waals surface area contributed by atoms with Gasteiger partial charge in [-0.3, -0.25) is 9.59 Å². The molecule has 29 heavy (non-hydrogen) atoms. The zero-order chi connectivity index (χ0) is 20.6. The Morgan fingerprint density at radius 2 is 1.83 bits per heavy atom. The summed E-state index contributed by atoms with van der Waals surface area (Å²) < 4.78 is 5.10. The van der Waals surface area contributed by atoms with Crippen LogP contribution in [0.15, 0.2) is 66.2 Å². The van der Waals surface area contributed by atoms with E-state index in [1.54, 1.807) is 37.6 Å². The molecule has 3 aromatic rings. The Kier molecular flexibility index (Phi) is 6.76. The van der Waals surface area contributed by atoms with Crippen LogP contribution in [0.2, 0.25) is 0 Å². The lowest BCUT2D eigenvalue weighted by molar-refractivity contribution is -0.123. The number of hydrogen-bond acceptors (Lipinski definition) is 5. The number of carbonyl (C=O) groups is 2. The highest BCUT2D eigenvalue weighted by molar-refractivity contribution is 7.13. The van der Waals surface area contributed by atoms with Crippen molar-refractivity contribution in [3.63, 3.8) is 0 Å². The molecule has 6 nitrogen and oxygen atoms in total. The minimum atomic E-state index is -0.679. The molecule has 0 aliphatic heterocycles. The predicted octanol–water partition coefficient (Wildman–Crippen LogP) is 3.98. The van der Waals surface area contributed by atoms with Crippen LogP contribution in [0.5, 0.6) is 5.75 Å². The topological polar surface area (TPSA) is 80.3 Å². The Balaban J connectivity index is 1.51. The van der Waals surface area contributed by atoms with Crippen molar-refractivity contribution in [1.82, 2.24) is 10.3 Å². The third-order valence-corrected chi connectivity index (χ3v) is 4.95. The largest absolute Gasteiger partial charge is 0.497 e. The Labute approximate surface area is 173 Å². The van der Waals surface area contributed by atoms with Crippen LogP contribution in [-0.4, -0.2) is 29.9 Å². The molecule has 0 radical (unpaired) electrons. The van der Waals surface area contributed by atoms with Crippen LogP contribution >= 0.6 is 11.3 Å². The van der Waals surface area contributed by atoms with Crippen molar-refractivity contribution >= 4 is 34.9 Å². The highest BCUT2D eigenvalue weighted by atomic mass is 32.1. The number of benzene rings is 2. The molecule has 1 aromatic heterocycles. The number of anilines is 1. The van der Waals surface area contributed by atoms with Gasteiger partial charge in [-0.25, -0.2) is 4.98 Å². The van der Waals surface area contributed by atoms with E-state index in [4.69, 9.17) is 4.74 Å². The van der Waals surface area contributed by atoms with E-state index in [1.165, 1.54) is 6.08 Å². The van der Waals surface area contributed by atoms with Gasteiger partial charge in [-0.05, 0) is 55.0 Å². The summed E-state index contributed by atoms with van der Waals surface area (Å²) in [4.78, 5) is 28.7. The van der Waals surface area contributed by atoms with Gasteiger partial charge in [0, 0.05) is 28.9 Å². The fraction of sp³-hybridized carbons (Fsp3) is 0.136. The zero-order valence-electron chi connectivity index (χ0n) is 16.1. The lowest BCUT2D eigenvalue weighted by Crippen LogP contribution is -2.40. The van der Waals surface area contributed by atoms with E-state index < -0.39 is 6.04 Å². The van der Waals surface area contributed by atoms with Gasteiger partial charge in [0.05, 0.1) is 7.11 Å². The first-order valence-corrected chi connectivity index (χ1v) is 9.86. The summed E-state index contributed by atoms with van der Waals surface area (Å²) in [5.74, 6) is 0.109. The van der Waals surface area contributed by atoms with E-state index in [9.17, 15) is 9.59 Å². The first-order valence-electron chi connectivity index (χ1n) is 8.98. The summed E-state index contributed by atoms with van der Waals surface area (Å²) in [5, 5.41) is 8.29. The first kappa shape index (κ1) is 20.3. The maximum Gasteiger partial charge on any atom is 0.246 e. The Bertz CT molecular complexity index is 981. The van der Waals surface area contributed by atoms with Crippen LogP contribution in [0.3, 0.4) is 0 Å². The van der Waals surface area contributed by atoms with Crippen molar-refractivity contribution in [1.29, 1.82) is 0 Å². The number of carbonyl (C=O) groups excluding carboxylic acids is 2. The van der Waals surface area contributed by atoms with Crippen molar-refractivity contribution < 1.29 is 14.3 Å². The van der Waals surface area contributed by atoms with Crippen LogP contribution in [0.1, 0.15) is 12.5 Å². The average Bonchev–Trinajstić information content (AvgIpc) is 3.28. The standard InChI is InChI=1S/C22H21N3O3S/c1-15(24-20(26)12-5-16-3-10-19(28-2)11-4-16)21(27)25-18-8-6-17(7-9-18)22-23-13-14-29-22/h3-15H,1-2H3,(H,24,26)(H,25,27)/b12-5+. The maximum absolute atomic E-state index is 12.3. The molecule has 2 aromatic carbocycles. The van der Waals surface area contributed by atoms with E-state index >= 15 is 0 Å². The minimum Gasteiger partial charge on any atom is -0.497 e. The number of amides is 2. The smallest absolute Gasteiger partial charge is 0.246 e. The lowest BCUT2D eigenvalue weighted by atomic mass is 10.2. The van der Waals surface area contributed by atoms with Gasteiger partial charge in [-0.15, -0.1) is 11.3 Å². The predicted molar refractivity (Wildman–Crippen MR) is 116 cm³/mol. The average molecular weight is 407 g/mol. The van der Waals surface area contributed by atoms with Crippen molar-refractivity contribution in [2.24, 2.45) is 0 Å². The number of methoxy groups -OCH3 is 1. The van der Waals surface area contributed by atoms with E-state index in [0.717, 1.165) is 21.9 Å². The number of ether oxygens (including phenoxy) is 1. The molecule has 1 unspecified atom stereocenters. The second-order valence-electron chi connectivity index (χ2n) is 6.24. The second kappa shape index (κ2) is 9.66. The summed E-state index contributed by atoms with van der Waals surface area (Å²) in [7, 11) is 1.60. The molecular formula is C22H21N3O3S. The molecule has 0 aliphatic rings. The number of nitrogens with one attached hydrogen (secondary N) is 2. The van der Waals surface area contributed by atoms with Crippen molar-refractivity contribution in [3.8, 4) is 16.3 Å². The molecule has 2 amide bonds. The molecule has 0 bridgehead atoms. The van der Waals surface area contributed by atoms with Gasteiger partial charge in [0.2, 0.25) is 11.8 Å². The van der Waals surface area contributed by atoms with Crippen LogP contribution < -0.4 is 15.4 Å². The molecule has 0 saturated heterocycles. The quantitative estimate of drug-likeness (QED) is 0.581. The van der Waals surface area contributed by atoms with Gasteiger partial charge in [0.1, 0.15) is 16.8 Å². The molecule has 2 N–H and O–H groups in total. The zero-order valence-corrected chi connectivity index (χ0v) is 16.9. The molecule has 7 heteroatoms. The van der Waals surface area contributed by atoms with Gasteiger partial charge in [0.25, 0.3) is 0 Å². The summed E-state index contributed by atoms with van der Waals surface area (Å²) >= 11 is 1.55. The van der Waals surface area contributed by atoms with E-state index in [2.05, 4.69) is 15.6 Å². The Hall–Kier alpha value is -3.45. The SMILES string of the molecule is COc1ccc(/C=C/C(=O)NC(C)C(=O)Nc2ccc(-c3nccs3)cc2)cc1. The number of rotatable bonds is 7. The highest BCUT2D eigenvalue weighted by Crippen LogP contribution is 2.23. The number of thiazole rings is 1. The summed E-state index contributed by atoms with van der Waals surface area (Å²) in [6.07, 6.45) is 4.83.